The lowest BCUT2D eigenvalue weighted by Crippen LogP contribution is -2.26. The average molecular weight is 282 g/mol. The minimum Gasteiger partial charge on any atom is -0.316 e. The maximum absolute atomic E-state index is 12.1. The van der Waals surface area contributed by atoms with Crippen molar-refractivity contribution in [1.82, 2.24) is 10.0 Å². The van der Waals surface area contributed by atoms with Gasteiger partial charge in [-0.05, 0) is 56.0 Å². The van der Waals surface area contributed by atoms with E-state index in [4.69, 9.17) is 0 Å². The van der Waals surface area contributed by atoms with Gasteiger partial charge in [-0.2, -0.15) is 0 Å². The van der Waals surface area contributed by atoms with Crippen molar-refractivity contribution >= 4 is 10.0 Å². The molecular weight excluding hydrogens is 260 g/mol. The molecule has 1 aliphatic heterocycles. The Hall–Kier alpha value is -0.910. The normalized spacial score (nSPS) is 19.7. The molecule has 0 amide bonds. The molecule has 1 saturated heterocycles. The van der Waals surface area contributed by atoms with E-state index < -0.39 is 10.0 Å². The van der Waals surface area contributed by atoms with Gasteiger partial charge in [0, 0.05) is 6.54 Å². The first kappa shape index (κ1) is 14.5. The van der Waals surface area contributed by atoms with E-state index in [9.17, 15) is 8.42 Å². The van der Waals surface area contributed by atoms with Crippen molar-refractivity contribution in [1.29, 1.82) is 0 Å². The number of rotatable bonds is 6. The maximum Gasteiger partial charge on any atom is 0.240 e. The van der Waals surface area contributed by atoms with Gasteiger partial charge in [-0.1, -0.05) is 19.1 Å². The number of benzene rings is 1. The topological polar surface area (TPSA) is 58.2 Å². The molecule has 2 rings (SSSR count). The van der Waals surface area contributed by atoms with Crippen molar-refractivity contribution in [2.24, 2.45) is 5.92 Å². The van der Waals surface area contributed by atoms with Crippen molar-refractivity contribution in [3.8, 4) is 0 Å². The summed E-state index contributed by atoms with van der Waals surface area (Å²) in [5.74, 6) is 0.602. The Bertz CT molecular complexity index is 491. The SMILES string of the molecule is CCc1ccc(S(=O)(=O)NCCC2CCNC2)cc1. The zero-order chi connectivity index (χ0) is 13.7. The molecule has 19 heavy (non-hydrogen) atoms. The van der Waals surface area contributed by atoms with Crippen LogP contribution in [0.4, 0.5) is 0 Å². The standard InChI is InChI=1S/C14H22N2O2S/c1-2-12-3-5-14(6-4-12)19(17,18)16-10-8-13-7-9-15-11-13/h3-6,13,15-16H,2,7-11H2,1H3. The molecule has 1 fully saturated rings. The zero-order valence-corrected chi connectivity index (χ0v) is 12.2. The lowest BCUT2D eigenvalue weighted by atomic mass is 10.1. The summed E-state index contributed by atoms with van der Waals surface area (Å²) < 4.78 is 26.8. The van der Waals surface area contributed by atoms with Gasteiger partial charge in [0.1, 0.15) is 0 Å². The summed E-state index contributed by atoms with van der Waals surface area (Å²) in [6, 6.07) is 7.10. The number of hydrogen-bond acceptors (Lipinski definition) is 3. The molecular formula is C14H22N2O2S. The Balaban J connectivity index is 1.89. The Morgan fingerprint density at radius 2 is 2.05 bits per heavy atom. The Morgan fingerprint density at radius 3 is 2.63 bits per heavy atom. The van der Waals surface area contributed by atoms with Gasteiger partial charge in [0.25, 0.3) is 0 Å². The fourth-order valence-electron chi connectivity index (χ4n) is 2.35. The van der Waals surface area contributed by atoms with Gasteiger partial charge >= 0.3 is 0 Å². The molecule has 106 valence electrons. The van der Waals surface area contributed by atoms with Crippen molar-refractivity contribution in [2.45, 2.75) is 31.1 Å². The maximum atomic E-state index is 12.1. The van der Waals surface area contributed by atoms with Crippen molar-refractivity contribution in [3.05, 3.63) is 29.8 Å². The molecule has 1 heterocycles. The highest BCUT2D eigenvalue weighted by molar-refractivity contribution is 7.89. The second-order valence-corrected chi connectivity index (χ2v) is 6.81. The van der Waals surface area contributed by atoms with E-state index in [1.807, 2.05) is 12.1 Å². The third kappa shape index (κ3) is 4.03. The lowest BCUT2D eigenvalue weighted by Gasteiger charge is -2.10. The summed E-state index contributed by atoms with van der Waals surface area (Å²) in [7, 11) is -3.35. The third-order valence-corrected chi connectivity index (χ3v) is 5.13. The molecule has 2 N–H and O–H groups in total. The Morgan fingerprint density at radius 1 is 1.32 bits per heavy atom. The highest BCUT2D eigenvalue weighted by atomic mass is 32.2. The summed E-state index contributed by atoms with van der Waals surface area (Å²) in [5.41, 5.74) is 1.15. The number of aryl methyl sites for hydroxylation is 1. The van der Waals surface area contributed by atoms with E-state index in [0.29, 0.717) is 17.4 Å². The molecule has 1 aromatic rings. The van der Waals surface area contributed by atoms with Crippen LogP contribution in [-0.4, -0.2) is 28.1 Å². The van der Waals surface area contributed by atoms with Crippen molar-refractivity contribution in [3.63, 3.8) is 0 Å². The second kappa shape index (κ2) is 6.50. The van der Waals surface area contributed by atoms with Gasteiger partial charge in [-0.3, -0.25) is 0 Å². The van der Waals surface area contributed by atoms with E-state index in [1.165, 1.54) is 0 Å². The predicted molar refractivity (Wildman–Crippen MR) is 76.6 cm³/mol. The van der Waals surface area contributed by atoms with E-state index >= 15 is 0 Å². The first-order valence-corrected chi connectivity index (χ1v) is 8.39. The average Bonchev–Trinajstić information content (AvgIpc) is 2.92. The summed E-state index contributed by atoms with van der Waals surface area (Å²) in [6.07, 6.45) is 2.97. The van der Waals surface area contributed by atoms with E-state index in [1.54, 1.807) is 12.1 Å². The van der Waals surface area contributed by atoms with Crippen molar-refractivity contribution in [2.75, 3.05) is 19.6 Å². The van der Waals surface area contributed by atoms with Crippen LogP contribution in [0.25, 0.3) is 0 Å². The number of sulfonamides is 1. The third-order valence-electron chi connectivity index (χ3n) is 3.65. The van der Waals surface area contributed by atoms with Crippen LogP contribution in [0.15, 0.2) is 29.2 Å². The van der Waals surface area contributed by atoms with Gasteiger partial charge in [0.05, 0.1) is 4.90 Å². The zero-order valence-electron chi connectivity index (χ0n) is 11.4. The molecule has 0 radical (unpaired) electrons. The van der Waals surface area contributed by atoms with Crippen LogP contribution in [0.1, 0.15) is 25.3 Å². The fraction of sp³-hybridized carbons (Fsp3) is 0.571. The van der Waals surface area contributed by atoms with Crippen LogP contribution in [0.2, 0.25) is 0 Å². The van der Waals surface area contributed by atoms with Crippen molar-refractivity contribution < 1.29 is 8.42 Å². The minimum atomic E-state index is -3.35. The summed E-state index contributed by atoms with van der Waals surface area (Å²) in [5, 5.41) is 3.29. The quantitative estimate of drug-likeness (QED) is 0.832. The van der Waals surface area contributed by atoms with E-state index in [2.05, 4.69) is 17.0 Å². The van der Waals surface area contributed by atoms with Crippen LogP contribution < -0.4 is 10.0 Å². The Labute approximate surface area is 115 Å². The molecule has 1 atom stereocenters. The number of nitrogens with one attached hydrogen (secondary N) is 2. The smallest absolute Gasteiger partial charge is 0.240 e. The molecule has 0 bridgehead atoms. The lowest BCUT2D eigenvalue weighted by molar-refractivity contribution is 0.519. The highest BCUT2D eigenvalue weighted by Gasteiger charge is 2.17. The molecule has 4 nitrogen and oxygen atoms in total. The summed E-state index contributed by atoms with van der Waals surface area (Å²) >= 11 is 0. The second-order valence-electron chi connectivity index (χ2n) is 5.04. The van der Waals surface area contributed by atoms with E-state index in [-0.39, 0.29) is 0 Å². The molecule has 0 aliphatic carbocycles. The van der Waals surface area contributed by atoms with Crippen LogP contribution in [-0.2, 0) is 16.4 Å². The monoisotopic (exact) mass is 282 g/mol. The van der Waals surface area contributed by atoms with E-state index in [0.717, 1.165) is 37.9 Å². The largest absolute Gasteiger partial charge is 0.316 e. The van der Waals surface area contributed by atoms with Gasteiger partial charge in [-0.15, -0.1) is 0 Å². The molecule has 0 aromatic heterocycles. The van der Waals surface area contributed by atoms with Gasteiger partial charge in [-0.25, -0.2) is 13.1 Å². The molecule has 1 aliphatic rings. The summed E-state index contributed by atoms with van der Waals surface area (Å²) in [6.45, 7) is 4.63. The highest BCUT2D eigenvalue weighted by Crippen LogP contribution is 2.13. The fourth-order valence-corrected chi connectivity index (χ4v) is 3.39. The predicted octanol–water partition coefficient (Wildman–Crippen LogP) is 1.53. The summed E-state index contributed by atoms with van der Waals surface area (Å²) in [4.78, 5) is 0.356. The van der Waals surface area contributed by atoms with Crippen LogP contribution >= 0.6 is 0 Å². The number of hydrogen-bond donors (Lipinski definition) is 2. The van der Waals surface area contributed by atoms with Crippen LogP contribution in [0.3, 0.4) is 0 Å². The minimum absolute atomic E-state index is 0.356. The van der Waals surface area contributed by atoms with Gasteiger partial charge in [0.2, 0.25) is 10.0 Å². The Kier molecular flexibility index (Phi) is 4.96. The molecule has 1 unspecified atom stereocenters. The first-order valence-electron chi connectivity index (χ1n) is 6.91. The molecule has 0 saturated carbocycles. The van der Waals surface area contributed by atoms with Gasteiger partial charge in [0.15, 0.2) is 0 Å². The molecule has 0 spiro atoms. The van der Waals surface area contributed by atoms with Crippen LogP contribution in [0, 0.1) is 5.92 Å². The van der Waals surface area contributed by atoms with Crippen LogP contribution in [0.5, 0.6) is 0 Å². The van der Waals surface area contributed by atoms with Gasteiger partial charge < -0.3 is 5.32 Å². The molecule has 5 heteroatoms. The molecule has 1 aromatic carbocycles. The first-order chi connectivity index (χ1) is 9.12.